The molecule has 92 valence electrons. The van der Waals surface area contributed by atoms with Crippen LogP contribution in [-0.2, 0) is 11.2 Å². The van der Waals surface area contributed by atoms with Gasteiger partial charge in [0.05, 0.1) is 5.41 Å². The van der Waals surface area contributed by atoms with Gasteiger partial charge in [0, 0.05) is 0 Å². The van der Waals surface area contributed by atoms with E-state index in [4.69, 9.17) is 5.11 Å². The van der Waals surface area contributed by atoms with Gasteiger partial charge in [-0.1, -0.05) is 42.8 Å². The second kappa shape index (κ2) is 6.24. The fourth-order valence-electron chi connectivity index (χ4n) is 1.76. The van der Waals surface area contributed by atoms with Gasteiger partial charge < -0.3 is 5.11 Å². The third kappa shape index (κ3) is 4.06. The maximum Gasteiger partial charge on any atom is 0.313 e. The summed E-state index contributed by atoms with van der Waals surface area (Å²) < 4.78 is 0. The summed E-state index contributed by atoms with van der Waals surface area (Å²) in [6.07, 6.45) is 5.12. The van der Waals surface area contributed by atoms with Crippen LogP contribution in [0.1, 0.15) is 31.7 Å². The summed E-state index contributed by atoms with van der Waals surface area (Å²) in [6.45, 7) is 5.34. The van der Waals surface area contributed by atoms with Crippen LogP contribution in [0.5, 0.6) is 0 Å². The van der Waals surface area contributed by atoms with Gasteiger partial charge in [0.15, 0.2) is 0 Å². The van der Waals surface area contributed by atoms with Crippen molar-refractivity contribution in [2.75, 3.05) is 0 Å². The maximum atomic E-state index is 11.0. The van der Waals surface area contributed by atoms with Crippen LogP contribution >= 0.6 is 0 Å². The van der Waals surface area contributed by atoms with Crippen molar-refractivity contribution in [2.24, 2.45) is 5.41 Å². The lowest BCUT2D eigenvalue weighted by atomic mass is 9.85. The van der Waals surface area contributed by atoms with E-state index in [0.717, 1.165) is 19.3 Å². The molecule has 1 N–H and O–H groups in total. The van der Waals surface area contributed by atoms with Crippen molar-refractivity contribution in [2.45, 2.75) is 32.6 Å². The second-order valence-corrected chi connectivity index (χ2v) is 4.62. The van der Waals surface area contributed by atoms with Gasteiger partial charge in [0.25, 0.3) is 0 Å². The van der Waals surface area contributed by atoms with Gasteiger partial charge in [-0.15, -0.1) is 6.58 Å². The van der Waals surface area contributed by atoms with E-state index in [1.807, 2.05) is 18.2 Å². The number of aliphatic carboxylic acids is 1. The minimum Gasteiger partial charge on any atom is -0.481 e. The average molecular weight is 232 g/mol. The normalized spacial score (nSPS) is 13.9. The SMILES string of the molecule is C=CC(C)(CCCCc1ccccc1)C(=O)O. The Morgan fingerprint density at radius 3 is 2.53 bits per heavy atom. The molecule has 17 heavy (non-hydrogen) atoms. The van der Waals surface area contributed by atoms with E-state index >= 15 is 0 Å². The maximum absolute atomic E-state index is 11.0. The molecule has 0 amide bonds. The molecule has 0 saturated heterocycles. The number of unbranched alkanes of at least 4 members (excludes halogenated alkanes) is 1. The van der Waals surface area contributed by atoms with Gasteiger partial charge in [-0.25, -0.2) is 0 Å². The zero-order valence-corrected chi connectivity index (χ0v) is 10.4. The van der Waals surface area contributed by atoms with E-state index in [0.29, 0.717) is 6.42 Å². The molecule has 2 nitrogen and oxygen atoms in total. The van der Waals surface area contributed by atoms with Gasteiger partial charge in [-0.3, -0.25) is 4.79 Å². The van der Waals surface area contributed by atoms with Gasteiger partial charge >= 0.3 is 5.97 Å². The fraction of sp³-hybridized carbons (Fsp3) is 0.400. The van der Waals surface area contributed by atoms with Gasteiger partial charge in [-0.2, -0.15) is 0 Å². The lowest BCUT2D eigenvalue weighted by Gasteiger charge is -2.19. The standard InChI is InChI=1S/C15H20O2/c1-3-15(2,14(16)17)12-8-7-11-13-9-5-4-6-10-13/h3-6,9-10H,1,7-8,11-12H2,2H3,(H,16,17). The Labute approximate surface area is 103 Å². The first kappa shape index (κ1) is 13.5. The summed E-state index contributed by atoms with van der Waals surface area (Å²) in [6, 6.07) is 10.3. The number of hydrogen-bond acceptors (Lipinski definition) is 1. The molecule has 0 aliphatic rings. The molecule has 0 fully saturated rings. The van der Waals surface area contributed by atoms with Crippen molar-refractivity contribution in [1.29, 1.82) is 0 Å². The van der Waals surface area contributed by atoms with E-state index in [-0.39, 0.29) is 0 Å². The van der Waals surface area contributed by atoms with Crippen LogP contribution < -0.4 is 0 Å². The topological polar surface area (TPSA) is 37.3 Å². The van der Waals surface area contributed by atoms with Gasteiger partial charge in [-0.05, 0) is 31.7 Å². The van der Waals surface area contributed by atoms with Crippen LogP contribution in [0.25, 0.3) is 0 Å². The summed E-state index contributed by atoms with van der Waals surface area (Å²) in [5.41, 5.74) is 0.527. The highest BCUT2D eigenvalue weighted by atomic mass is 16.4. The highest BCUT2D eigenvalue weighted by molar-refractivity contribution is 5.76. The number of aryl methyl sites for hydroxylation is 1. The quantitative estimate of drug-likeness (QED) is 0.575. The van der Waals surface area contributed by atoms with Crippen molar-refractivity contribution >= 4 is 5.97 Å². The Balaban J connectivity index is 2.33. The highest BCUT2D eigenvalue weighted by Crippen LogP contribution is 2.26. The number of rotatable bonds is 7. The summed E-state index contributed by atoms with van der Waals surface area (Å²) in [7, 11) is 0. The van der Waals surface area contributed by atoms with Crippen molar-refractivity contribution in [3.63, 3.8) is 0 Å². The monoisotopic (exact) mass is 232 g/mol. The van der Waals surface area contributed by atoms with E-state index in [1.165, 1.54) is 11.6 Å². The van der Waals surface area contributed by atoms with Crippen LogP contribution in [0.3, 0.4) is 0 Å². The van der Waals surface area contributed by atoms with Gasteiger partial charge in [0.1, 0.15) is 0 Å². The van der Waals surface area contributed by atoms with Crippen LogP contribution in [0.15, 0.2) is 43.0 Å². The largest absolute Gasteiger partial charge is 0.481 e. The zero-order chi connectivity index (χ0) is 12.7. The first-order chi connectivity index (χ1) is 8.08. The molecule has 0 bridgehead atoms. The van der Waals surface area contributed by atoms with Crippen LogP contribution in [0.4, 0.5) is 0 Å². The number of hydrogen-bond donors (Lipinski definition) is 1. The summed E-state index contributed by atoms with van der Waals surface area (Å²) in [5.74, 6) is -0.785. The molecule has 0 radical (unpaired) electrons. The Kier molecular flexibility index (Phi) is 4.95. The summed E-state index contributed by atoms with van der Waals surface area (Å²) in [5, 5.41) is 9.08. The third-order valence-electron chi connectivity index (χ3n) is 3.19. The molecule has 2 heteroatoms. The zero-order valence-electron chi connectivity index (χ0n) is 10.4. The van der Waals surface area contributed by atoms with Crippen molar-refractivity contribution in [3.05, 3.63) is 48.6 Å². The average Bonchev–Trinajstić information content (AvgIpc) is 2.35. The Bertz CT molecular complexity index is 370. The summed E-state index contributed by atoms with van der Waals surface area (Å²) in [4.78, 5) is 11.0. The minimum absolute atomic E-state index is 0.651. The Hall–Kier alpha value is -1.57. The number of carboxylic acids is 1. The first-order valence-electron chi connectivity index (χ1n) is 5.99. The molecular formula is C15H20O2. The smallest absolute Gasteiger partial charge is 0.313 e. The van der Waals surface area contributed by atoms with E-state index in [2.05, 4.69) is 18.7 Å². The molecule has 1 atom stereocenters. The number of carbonyl (C=O) groups is 1. The first-order valence-corrected chi connectivity index (χ1v) is 5.99. The molecule has 0 aliphatic heterocycles. The molecule has 1 aromatic rings. The lowest BCUT2D eigenvalue weighted by molar-refractivity contribution is -0.145. The van der Waals surface area contributed by atoms with E-state index in [1.54, 1.807) is 6.92 Å². The van der Waals surface area contributed by atoms with E-state index in [9.17, 15) is 4.79 Å². The number of carboxylic acid groups (broad SMARTS) is 1. The fourth-order valence-corrected chi connectivity index (χ4v) is 1.76. The predicted molar refractivity (Wildman–Crippen MR) is 69.9 cm³/mol. The minimum atomic E-state index is -0.785. The Morgan fingerprint density at radius 1 is 1.35 bits per heavy atom. The van der Waals surface area contributed by atoms with E-state index < -0.39 is 11.4 Å². The van der Waals surface area contributed by atoms with Crippen molar-refractivity contribution in [1.82, 2.24) is 0 Å². The second-order valence-electron chi connectivity index (χ2n) is 4.62. The van der Waals surface area contributed by atoms with Gasteiger partial charge in [0.2, 0.25) is 0 Å². The Morgan fingerprint density at radius 2 is 2.00 bits per heavy atom. The molecular weight excluding hydrogens is 212 g/mol. The van der Waals surface area contributed by atoms with Crippen LogP contribution in [0, 0.1) is 5.41 Å². The molecule has 0 spiro atoms. The highest BCUT2D eigenvalue weighted by Gasteiger charge is 2.28. The molecule has 0 aliphatic carbocycles. The van der Waals surface area contributed by atoms with Crippen molar-refractivity contribution < 1.29 is 9.90 Å². The molecule has 1 rings (SSSR count). The van der Waals surface area contributed by atoms with Crippen LogP contribution in [0.2, 0.25) is 0 Å². The molecule has 0 aromatic heterocycles. The predicted octanol–water partition coefficient (Wildman–Crippen LogP) is 3.68. The molecule has 1 aromatic carbocycles. The number of benzene rings is 1. The third-order valence-corrected chi connectivity index (χ3v) is 3.19. The van der Waals surface area contributed by atoms with Crippen LogP contribution in [-0.4, -0.2) is 11.1 Å². The van der Waals surface area contributed by atoms with Crippen molar-refractivity contribution in [3.8, 4) is 0 Å². The lowest BCUT2D eigenvalue weighted by Crippen LogP contribution is -2.24. The molecule has 1 unspecified atom stereocenters. The molecule has 0 saturated carbocycles. The summed E-state index contributed by atoms with van der Waals surface area (Å²) >= 11 is 0. The molecule has 0 heterocycles.